The SMILES string of the molecule is CCCCCC(=CC(=O)O)C(=O)O. The molecule has 0 unspecified atom stereocenters. The van der Waals surface area contributed by atoms with Crippen LogP contribution in [0.1, 0.15) is 32.6 Å². The zero-order chi connectivity index (χ0) is 10.3. The van der Waals surface area contributed by atoms with Gasteiger partial charge in [0.25, 0.3) is 0 Å². The Morgan fingerprint density at radius 3 is 2.23 bits per heavy atom. The predicted molar refractivity (Wildman–Crippen MR) is 47.5 cm³/mol. The summed E-state index contributed by atoms with van der Waals surface area (Å²) in [5, 5.41) is 16.9. The maximum Gasteiger partial charge on any atom is 0.331 e. The van der Waals surface area contributed by atoms with Gasteiger partial charge in [-0.2, -0.15) is 0 Å². The number of carbonyl (C=O) groups is 2. The van der Waals surface area contributed by atoms with E-state index in [4.69, 9.17) is 10.2 Å². The summed E-state index contributed by atoms with van der Waals surface area (Å²) in [6.07, 6.45) is 3.72. The van der Waals surface area contributed by atoms with Gasteiger partial charge in [0, 0.05) is 11.6 Å². The van der Waals surface area contributed by atoms with Gasteiger partial charge < -0.3 is 10.2 Å². The molecule has 0 aliphatic heterocycles. The summed E-state index contributed by atoms with van der Waals surface area (Å²) in [5.41, 5.74) is -0.0269. The third-order valence-corrected chi connectivity index (χ3v) is 1.62. The molecule has 0 aliphatic carbocycles. The van der Waals surface area contributed by atoms with Gasteiger partial charge in [-0.3, -0.25) is 0 Å². The molecule has 0 atom stereocenters. The van der Waals surface area contributed by atoms with Crippen LogP contribution < -0.4 is 0 Å². The minimum atomic E-state index is -1.20. The number of unbranched alkanes of at least 4 members (excludes halogenated alkanes) is 2. The largest absolute Gasteiger partial charge is 0.478 e. The van der Waals surface area contributed by atoms with E-state index in [0.29, 0.717) is 6.42 Å². The lowest BCUT2D eigenvalue weighted by atomic mass is 10.1. The highest BCUT2D eigenvalue weighted by Gasteiger charge is 2.08. The molecule has 2 N–H and O–H groups in total. The second kappa shape index (κ2) is 6.22. The topological polar surface area (TPSA) is 74.6 Å². The van der Waals surface area contributed by atoms with Crippen LogP contribution in [-0.4, -0.2) is 22.2 Å². The molecule has 0 aromatic carbocycles. The number of carboxylic acids is 2. The molecular weight excluding hydrogens is 172 g/mol. The van der Waals surface area contributed by atoms with Crippen LogP contribution in [-0.2, 0) is 9.59 Å². The summed E-state index contributed by atoms with van der Waals surface area (Å²) in [4.78, 5) is 20.7. The van der Waals surface area contributed by atoms with Crippen LogP contribution in [0.15, 0.2) is 11.6 Å². The van der Waals surface area contributed by atoms with Gasteiger partial charge in [-0.05, 0) is 12.8 Å². The molecule has 74 valence electrons. The van der Waals surface area contributed by atoms with Gasteiger partial charge in [0.15, 0.2) is 0 Å². The number of carboxylic acid groups (broad SMARTS) is 2. The standard InChI is InChI=1S/C9H14O4/c1-2-3-4-5-7(9(12)13)6-8(10)11/h6H,2-5H2,1H3,(H,10,11)(H,12,13). The van der Waals surface area contributed by atoms with Crippen molar-refractivity contribution in [2.24, 2.45) is 0 Å². The first-order valence-corrected chi connectivity index (χ1v) is 4.24. The Morgan fingerprint density at radius 1 is 1.23 bits per heavy atom. The van der Waals surface area contributed by atoms with Crippen LogP contribution in [0, 0.1) is 0 Å². The lowest BCUT2D eigenvalue weighted by Crippen LogP contribution is -2.03. The van der Waals surface area contributed by atoms with Gasteiger partial charge in [-0.15, -0.1) is 0 Å². The number of hydrogen-bond donors (Lipinski definition) is 2. The molecule has 0 rings (SSSR count). The lowest BCUT2D eigenvalue weighted by molar-refractivity contribution is -0.135. The smallest absolute Gasteiger partial charge is 0.331 e. The second-order valence-electron chi connectivity index (χ2n) is 2.77. The van der Waals surface area contributed by atoms with Crippen molar-refractivity contribution in [2.75, 3.05) is 0 Å². The fourth-order valence-corrected chi connectivity index (χ4v) is 0.955. The van der Waals surface area contributed by atoms with Crippen molar-refractivity contribution in [3.05, 3.63) is 11.6 Å². The third kappa shape index (κ3) is 5.90. The number of rotatable bonds is 6. The minimum Gasteiger partial charge on any atom is -0.478 e. The fraction of sp³-hybridized carbons (Fsp3) is 0.556. The van der Waals surface area contributed by atoms with Gasteiger partial charge in [-0.1, -0.05) is 19.8 Å². The molecule has 0 bridgehead atoms. The van der Waals surface area contributed by atoms with Crippen LogP contribution in [0.3, 0.4) is 0 Å². The summed E-state index contributed by atoms with van der Waals surface area (Å²) >= 11 is 0. The van der Waals surface area contributed by atoms with Crippen molar-refractivity contribution >= 4 is 11.9 Å². The predicted octanol–water partition coefficient (Wildman–Crippen LogP) is 1.66. The van der Waals surface area contributed by atoms with Crippen molar-refractivity contribution in [2.45, 2.75) is 32.6 Å². The molecule has 0 amide bonds. The van der Waals surface area contributed by atoms with E-state index in [0.717, 1.165) is 25.3 Å². The lowest BCUT2D eigenvalue weighted by Gasteiger charge is -1.99. The van der Waals surface area contributed by atoms with Crippen molar-refractivity contribution in [3.63, 3.8) is 0 Å². The molecule has 0 aliphatic rings. The molecule has 0 spiro atoms. The van der Waals surface area contributed by atoms with Gasteiger partial charge in [-0.25, -0.2) is 9.59 Å². The molecule has 13 heavy (non-hydrogen) atoms. The summed E-state index contributed by atoms with van der Waals surface area (Å²) in [5.74, 6) is -2.34. The number of aliphatic carboxylic acids is 2. The second-order valence-corrected chi connectivity index (χ2v) is 2.77. The minimum absolute atomic E-state index is 0.0269. The monoisotopic (exact) mass is 186 g/mol. The first-order valence-electron chi connectivity index (χ1n) is 4.24. The van der Waals surface area contributed by atoms with E-state index >= 15 is 0 Å². The fourth-order valence-electron chi connectivity index (χ4n) is 0.955. The maximum absolute atomic E-state index is 10.5. The molecule has 0 saturated heterocycles. The molecule has 0 fully saturated rings. The van der Waals surface area contributed by atoms with Gasteiger partial charge in [0.05, 0.1) is 0 Å². The van der Waals surface area contributed by atoms with E-state index in [9.17, 15) is 9.59 Å². The summed E-state index contributed by atoms with van der Waals surface area (Å²) in [6, 6.07) is 0. The zero-order valence-electron chi connectivity index (χ0n) is 7.62. The first kappa shape index (κ1) is 11.7. The van der Waals surface area contributed by atoms with Gasteiger partial charge in [0.1, 0.15) is 0 Å². The summed E-state index contributed by atoms with van der Waals surface area (Å²) in [7, 11) is 0. The molecule has 0 aromatic rings. The van der Waals surface area contributed by atoms with E-state index in [2.05, 4.69) is 0 Å². The van der Waals surface area contributed by atoms with E-state index < -0.39 is 11.9 Å². The van der Waals surface area contributed by atoms with E-state index in [-0.39, 0.29) is 5.57 Å². The Bertz CT molecular complexity index is 218. The molecule has 0 aromatic heterocycles. The zero-order valence-corrected chi connectivity index (χ0v) is 7.62. The molecular formula is C9H14O4. The average molecular weight is 186 g/mol. The third-order valence-electron chi connectivity index (χ3n) is 1.62. The Kier molecular flexibility index (Phi) is 5.59. The van der Waals surface area contributed by atoms with Gasteiger partial charge in [0.2, 0.25) is 0 Å². The molecule has 0 radical (unpaired) electrons. The molecule has 4 heteroatoms. The Labute approximate surface area is 76.9 Å². The van der Waals surface area contributed by atoms with Gasteiger partial charge >= 0.3 is 11.9 Å². The Balaban J connectivity index is 4.11. The molecule has 0 saturated carbocycles. The van der Waals surface area contributed by atoms with Crippen LogP contribution in [0.2, 0.25) is 0 Å². The van der Waals surface area contributed by atoms with Crippen LogP contribution >= 0.6 is 0 Å². The highest BCUT2D eigenvalue weighted by molar-refractivity contribution is 5.94. The Morgan fingerprint density at radius 2 is 1.85 bits per heavy atom. The number of hydrogen-bond acceptors (Lipinski definition) is 2. The highest BCUT2D eigenvalue weighted by atomic mass is 16.4. The van der Waals surface area contributed by atoms with Crippen LogP contribution in [0.25, 0.3) is 0 Å². The highest BCUT2D eigenvalue weighted by Crippen LogP contribution is 2.08. The van der Waals surface area contributed by atoms with Crippen LogP contribution in [0.5, 0.6) is 0 Å². The molecule has 0 heterocycles. The average Bonchev–Trinajstić information content (AvgIpc) is 2.02. The first-order chi connectivity index (χ1) is 6.07. The quantitative estimate of drug-likeness (QED) is 0.488. The van der Waals surface area contributed by atoms with Crippen molar-refractivity contribution < 1.29 is 19.8 Å². The Hall–Kier alpha value is -1.32. The maximum atomic E-state index is 10.5. The van der Waals surface area contributed by atoms with Crippen molar-refractivity contribution in [1.29, 1.82) is 0 Å². The summed E-state index contributed by atoms with van der Waals surface area (Å²) < 4.78 is 0. The van der Waals surface area contributed by atoms with E-state index in [1.54, 1.807) is 0 Å². The van der Waals surface area contributed by atoms with Crippen molar-refractivity contribution in [1.82, 2.24) is 0 Å². The molecule has 4 nitrogen and oxygen atoms in total. The van der Waals surface area contributed by atoms with Crippen LogP contribution in [0.4, 0.5) is 0 Å². The van der Waals surface area contributed by atoms with E-state index in [1.807, 2.05) is 6.92 Å². The normalized spacial score (nSPS) is 11.3. The summed E-state index contributed by atoms with van der Waals surface area (Å²) in [6.45, 7) is 2.00. The van der Waals surface area contributed by atoms with Crippen molar-refractivity contribution in [3.8, 4) is 0 Å². The van der Waals surface area contributed by atoms with E-state index in [1.165, 1.54) is 0 Å².